The summed E-state index contributed by atoms with van der Waals surface area (Å²) in [5.74, 6) is -5.98. The number of ketones is 2. The molecule has 1 aromatic rings. The molecule has 4 atom stereocenters. The summed E-state index contributed by atoms with van der Waals surface area (Å²) in [5, 5.41) is 46.6. The maximum absolute atomic E-state index is 14.8. The molecule has 2 saturated carbocycles. The van der Waals surface area contributed by atoms with Gasteiger partial charge in [0, 0.05) is 75.3 Å². The van der Waals surface area contributed by atoms with Gasteiger partial charge in [0.05, 0.1) is 11.6 Å². The Morgan fingerprint density at radius 2 is 1.62 bits per heavy atom. The van der Waals surface area contributed by atoms with Crippen LogP contribution in [0.5, 0.6) is 5.75 Å². The van der Waals surface area contributed by atoms with Crippen LogP contribution >= 0.6 is 0 Å². The van der Waals surface area contributed by atoms with Crippen molar-refractivity contribution in [1.29, 1.82) is 0 Å². The number of nitrogens with zero attached hydrogens (tertiary/aromatic N) is 4. The fourth-order valence-electron chi connectivity index (χ4n) is 9.20. The number of aliphatic hydroxyl groups is 3. The summed E-state index contributed by atoms with van der Waals surface area (Å²) in [6, 6.07) is 1.97. The maximum Gasteiger partial charge on any atom is 0.255 e. The molecule has 6 N–H and O–H groups in total. The van der Waals surface area contributed by atoms with Crippen LogP contribution in [0.3, 0.4) is 0 Å². The number of piperazine rings is 1. The van der Waals surface area contributed by atoms with Crippen LogP contribution in [0.4, 0.5) is 5.69 Å². The molecule has 0 unspecified atom stereocenters. The van der Waals surface area contributed by atoms with Crippen molar-refractivity contribution in [3.63, 3.8) is 0 Å². The summed E-state index contributed by atoms with van der Waals surface area (Å²) in [6.45, 7) is 2.26. The Labute approximate surface area is 280 Å². The SMILES string of the molecule is CN(C)c1ccc(O)c2c1C[C@@]1(CN3CCN(C(=O)C4CCCCC4)CC3)C[C@H]3[C@H](N(C)C)C(=O)C(C(N)=O)=C(O)[C@@]3(O)C(=O)C1=C2O. The molecule has 2 amide bonds. The largest absolute Gasteiger partial charge is 0.508 e. The van der Waals surface area contributed by atoms with Crippen LogP contribution in [-0.4, -0.2) is 131 Å². The third-order valence-electron chi connectivity index (χ3n) is 11.4. The van der Waals surface area contributed by atoms with Crippen molar-refractivity contribution in [2.24, 2.45) is 23.0 Å². The van der Waals surface area contributed by atoms with Gasteiger partial charge in [0.1, 0.15) is 22.8 Å². The van der Waals surface area contributed by atoms with Crippen LogP contribution < -0.4 is 10.6 Å². The predicted molar refractivity (Wildman–Crippen MR) is 177 cm³/mol. The van der Waals surface area contributed by atoms with E-state index in [1.165, 1.54) is 11.0 Å². The normalized spacial score (nSPS) is 29.9. The van der Waals surface area contributed by atoms with Gasteiger partial charge in [-0.3, -0.25) is 29.0 Å². The fraction of sp³-hybridized carbons (Fsp3) is 0.600. The molecular weight excluding hydrogens is 618 g/mol. The molecule has 5 aliphatic rings. The number of carbonyl (C=O) groups excluding carboxylic acids is 4. The van der Waals surface area contributed by atoms with E-state index < -0.39 is 57.5 Å². The molecule has 0 radical (unpaired) electrons. The lowest BCUT2D eigenvalue weighted by Gasteiger charge is -2.56. The number of anilines is 1. The van der Waals surface area contributed by atoms with Gasteiger partial charge in [-0.15, -0.1) is 0 Å². The highest BCUT2D eigenvalue weighted by molar-refractivity contribution is 6.24. The van der Waals surface area contributed by atoms with E-state index in [-0.39, 0.29) is 48.1 Å². The first-order valence-corrected chi connectivity index (χ1v) is 16.8. The molecule has 0 aromatic heterocycles. The number of hydrogen-bond acceptors (Lipinski definition) is 11. The first-order valence-electron chi connectivity index (χ1n) is 16.8. The van der Waals surface area contributed by atoms with Crippen LogP contribution in [0.15, 0.2) is 29.0 Å². The summed E-state index contributed by atoms with van der Waals surface area (Å²) >= 11 is 0. The second-order valence-corrected chi connectivity index (χ2v) is 14.7. The predicted octanol–water partition coefficient (Wildman–Crippen LogP) is 1.12. The number of phenolic OH excluding ortho intramolecular Hbond substituents is 1. The number of benzene rings is 1. The highest BCUT2D eigenvalue weighted by Gasteiger charge is 2.68. The van der Waals surface area contributed by atoms with E-state index in [1.54, 1.807) is 20.2 Å². The third kappa shape index (κ3) is 5.09. The number of phenols is 1. The quantitative estimate of drug-likeness (QED) is 0.274. The van der Waals surface area contributed by atoms with Crippen LogP contribution in [-0.2, 0) is 25.6 Å². The topological polar surface area (TPSA) is 188 Å². The Kier molecular flexibility index (Phi) is 8.62. The molecule has 3 fully saturated rings. The van der Waals surface area contributed by atoms with Gasteiger partial charge in [0.2, 0.25) is 11.7 Å². The second-order valence-electron chi connectivity index (χ2n) is 14.7. The van der Waals surface area contributed by atoms with Gasteiger partial charge >= 0.3 is 0 Å². The molecule has 1 heterocycles. The minimum atomic E-state index is -2.74. The van der Waals surface area contributed by atoms with E-state index in [4.69, 9.17) is 5.73 Å². The summed E-state index contributed by atoms with van der Waals surface area (Å²) in [7, 11) is 6.84. The number of primary amides is 1. The second kappa shape index (κ2) is 12.2. The lowest BCUT2D eigenvalue weighted by molar-refractivity contribution is -0.158. The van der Waals surface area contributed by atoms with Crippen LogP contribution in [0.1, 0.15) is 49.7 Å². The Hall–Kier alpha value is -3.94. The average molecular weight is 666 g/mol. The third-order valence-corrected chi connectivity index (χ3v) is 11.4. The van der Waals surface area contributed by atoms with E-state index in [0.29, 0.717) is 37.4 Å². The number of rotatable bonds is 6. The van der Waals surface area contributed by atoms with E-state index in [2.05, 4.69) is 4.90 Å². The summed E-state index contributed by atoms with van der Waals surface area (Å²) in [4.78, 5) is 61.7. The van der Waals surface area contributed by atoms with Crippen molar-refractivity contribution in [3.05, 3.63) is 40.2 Å². The van der Waals surface area contributed by atoms with Crippen molar-refractivity contribution in [2.45, 2.75) is 56.6 Å². The van der Waals surface area contributed by atoms with Crippen molar-refractivity contribution < 1.29 is 39.6 Å². The number of amides is 2. The van der Waals surface area contributed by atoms with Gasteiger partial charge in [-0.1, -0.05) is 19.3 Å². The number of aromatic hydroxyl groups is 1. The summed E-state index contributed by atoms with van der Waals surface area (Å²) in [5.41, 5.74) is 1.93. The monoisotopic (exact) mass is 665 g/mol. The zero-order valence-corrected chi connectivity index (χ0v) is 28.2. The Morgan fingerprint density at radius 3 is 2.21 bits per heavy atom. The molecule has 0 spiro atoms. The Balaban J connectivity index is 1.46. The van der Waals surface area contributed by atoms with Crippen molar-refractivity contribution >= 4 is 34.8 Å². The van der Waals surface area contributed by atoms with E-state index in [1.807, 2.05) is 23.9 Å². The summed E-state index contributed by atoms with van der Waals surface area (Å²) < 4.78 is 0. The van der Waals surface area contributed by atoms with Crippen LogP contribution in [0, 0.1) is 17.3 Å². The fourth-order valence-corrected chi connectivity index (χ4v) is 9.20. The molecule has 0 bridgehead atoms. The molecule has 260 valence electrons. The number of hydrogen-bond donors (Lipinski definition) is 5. The highest BCUT2D eigenvalue weighted by Crippen LogP contribution is 2.59. The zero-order valence-electron chi connectivity index (χ0n) is 28.2. The van der Waals surface area contributed by atoms with E-state index >= 15 is 0 Å². The number of fused-ring (bicyclic) bond motifs is 3. The minimum Gasteiger partial charge on any atom is -0.508 e. The van der Waals surface area contributed by atoms with E-state index in [9.17, 15) is 39.6 Å². The Bertz CT molecular complexity index is 1620. The number of nitrogens with two attached hydrogens (primary N) is 1. The van der Waals surface area contributed by atoms with Crippen molar-refractivity contribution in [3.8, 4) is 5.75 Å². The van der Waals surface area contributed by atoms with E-state index in [0.717, 1.165) is 32.1 Å². The number of likely N-dealkylation sites (N-methyl/N-ethyl adjacent to an activating group) is 1. The number of Topliss-reactive ketones (excluding diaryl/α,β-unsaturated/α-hetero) is 2. The van der Waals surface area contributed by atoms with Crippen LogP contribution in [0.25, 0.3) is 5.76 Å². The van der Waals surface area contributed by atoms with Crippen LogP contribution in [0.2, 0.25) is 0 Å². The maximum atomic E-state index is 14.8. The summed E-state index contributed by atoms with van der Waals surface area (Å²) in [6.07, 6.45) is 5.25. The van der Waals surface area contributed by atoms with Crippen molar-refractivity contribution in [2.75, 3.05) is 65.8 Å². The molecule has 4 aliphatic carbocycles. The molecule has 1 aromatic carbocycles. The Morgan fingerprint density at radius 1 is 0.979 bits per heavy atom. The lowest BCUT2D eigenvalue weighted by atomic mass is 9.51. The van der Waals surface area contributed by atoms with Gasteiger partial charge < -0.3 is 36.0 Å². The van der Waals surface area contributed by atoms with Gasteiger partial charge in [0.25, 0.3) is 5.91 Å². The number of carbonyl (C=O) groups is 4. The van der Waals surface area contributed by atoms with Gasteiger partial charge in [-0.05, 0) is 57.5 Å². The molecular formula is C35H47N5O8. The van der Waals surface area contributed by atoms with Crippen molar-refractivity contribution in [1.82, 2.24) is 14.7 Å². The average Bonchev–Trinajstić information content (AvgIpc) is 3.03. The highest BCUT2D eigenvalue weighted by atomic mass is 16.3. The molecule has 13 heteroatoms. The standard InChI is InChI=1S/C35H47N5O8/c1-37(2)22-10-11-23(41)24-20(22)16-34(18-39-12-14-40(15-13-39)33(47)19-8-6-5-7-9-19)17-21-27(38(3)4)29(43)25(32(36)46)30(44)35(21,48)31(45)26(34)28(24)42/h10-11,19,21,27,41-42,44,48H,5-9,12-18H2,1-4H3,(H2,36,46)/t21-,27-,34-,35+/m0/s1. The molecule has 1 saturated heterocycles. The zero-order chi connectivity index (χ0) is 34.9. The molecule has 48 heavy (non-hydrogen) atoms. The van der Waals surface area contributed by atoms with Gasteiger partial charge in [-0.2, -0.15) is 0 Å². The molecule has 6 rings (SSSR count). The number of aliphatic hydroxyl groups excluding tert-OH is 2. The van der Waals surface area contributed by atoms with Gasteiger partial charge in [0.15, 0.2) is 11.4 Å². The smallest absolute Gasteiger partial charge is 0.255 e. The first kappa shape index (κ1) is 33.9. The first-order chi connectivity index (χ1) is 22.6. The molecule has 13 nitrogen and oxygen atoms in total. The molecule has 1 aliphatic heterocycles. The van der Waals surface area contributed by atoms with Gasteiger partial charge in [-0.25, -0.2) is 0 Å². The lowest BCUT2D eigenvalue weighted by Crippen LogP contribution is -2.68. The minimum absolute atomic E-state index is 0.0253.